The van der Waals surface area contributed by atoms with Gasteiger partial charge in [0.05, 0.1) is 0 Å². The van der Waals surface area contributed by atoms with E-state index < -0.39 is 0 Å². The Hall–Kier alpha value is -2.33. The van der Waals surface area contributed by atoms with Gasteiger partial charge in [-0.1, -0.05) is 24.3 Å². The minimum absolute atomic E-state index is 0.0709. The molecule has 1 unspecified atom stereocenters. The molecule has 2 rings (SSSR count). The quantitative estimate of drug-likeness (QED) is 0.790. The van der Waals surface area contributed by atoms with Crippen LogP contribution in [0.15, 0.2) is 48.5 Å². The fourth-order valence-corrected chi connectivity index (χ4v) is 2.09. The fourth-order valence-electron chi connectivity index (χ4n) is 2.09. The van der Waals surface area contributed by atoms with Gasteiger partial charge in [-0.05, 0) is 42.3 Å². The molecule has 4 nitrogen and oxygen atoms in total. The van der Waals surface area contributed by atoms with Crippen molar-refractivity contribution in [1.82, 2.24) is 5.32 Å². The van der Waals surface area contributed by atoms with Crippen LogP contribution < -0.4 is 10.6 Å². The lowest BCUT2D eigenvalue weighted by molar-refractivity contribution is -0.114. The van der Waals surface area contributed by atoms with E-state index in [0.717, 1.165) is 23.4 Å². The molecule has 2 aromatic carbocycles. The highest BCUT2D eigenvalue weighted by atomic mass is 16.3. The summed E-state index contributed by atoms with van der Waals surface area (Å²) in [5.74, 6) is 0.208. The number of aromatic hydroxyl groups is 1. The van der Waals surface area contributed by atoms with E-state index in [1.165, 1.54) is 6.92 Å². The third kappa shape index (κ3) is 4.61. The van der Waals surface area contributed by atoms with Crippen LogP contribution in [0.5, 0.6) is 5.75 Å². The Bertz CT molecular complexity index is 608. The maximum atomic E-state index is 11.0. The van der Waals surface area contributed by atoms with Gasteiger partial charge < -0.3 is 15.7 Å². The zero-order valence-electron chi connectivity index (χ0n) is 12.3. The molecule has 0 aliphatic heterocycles. The number of phenolic OH excluding ortho intramolecular Hbond substituents is 1. The van der Waals surface area contributed by atoms with Gasteiger partial charge in [0.1, 0.15) is 5.75 Å². The summed E-state index contributed by atoms with van der Waals surface area (Å²) >= 11 is 0. The van der Waals surface area contributed by atoms with Crippen LogP contribution in [0, 0.1) is 0 Å². The lowest BCUT2D eigenvalue weighted by Gasteiger charge is -2.15. The minimum Gasteiger partial charge on any atom is -0.508 e. The van der Waals surface area contributed by atoms with Crippen LogP contribution >= 0.6 is 0 Å². The number of anilines is 1. The zero-order valence-corrected chi connectivity index (χ0v) is 12.3. The van der Waals surface area contributed by atoms with Gasteiger partial charge in [-0.15, -0.1) is 0 Å². The molecule has 0 radical (unpaired) electrons. The predicted molar refractivity (Wildman–Crippen MR) is 84.1 cm³/mol. The number of carbonyl (C=O) groups is 1. The van der Waals surface area contributed by atoms with Crippen molar-refractivity contribution in [3.8, 4) is 5.75 Å². The molecule has 2 aromatic rings. The molecule has 3 N–H and O–H groups in total. The zero-order chi connectivity index (χ0) is 15.2. The highest BCUT2D eigenvalue weighted by Crippen LogP contribution is 2.18. The number of hydrogen-bond donors (Lipinski definition) is 3. The predicted octanol–water partition coefficient (Wildman–Crippen LogP) is 3.20. The lowest BCUT2D eigenvalue weighted by atomic mass is 10.1. The molecule has 0 aromatic heterocycles. The Morgan fingerprint density at radius 2 is 1.90 bits per heavy atom. The molecular formula is C17H20N2O2. The Kier molecular flexibility index (Phi) is 4.95. The molecule has 1 amide bonds. The Labute approximate surface area is 124 Å². The van der Waals surface area contributed by atoms with Crippen LogP contribution in [-0.2, 0) is 11.3 Å². The van der Waals surface area contributed by atoms with Crippen molar-refractivity contribution in [2.45, 2.75) is 26.4 Å². The molecule has 21 heavy (non-hydrogen) atoms. The number of benzene rings is 2. The van der Waals surface area contributed by atoms with E-state index in [2.05, 4.69) is 17.6 Å². The number of nitrogens with one attached hydrogen (secondary N) is 2. The molecule has 0 aliphatic carbocycles. The monoisotopic (exact) mass is 284 g/mol. The van der Waals surface area contributed by atoms with Crippen LogP contribution in [0.1, 0.15) is 31.0 Å². The van der Waals surface area contributed by atoms with Gasteiger partial charge in [0.15, 0.2) is 0 Å². The van der Waals surface area contributed by atoms with Crippen LogP contribution in [0.3, 0.4) is 0 Å². The normalized spacial score (nSPS) is 11.9. The standard InChI is InChI=1S/C17H20N2O2/c1-12(15-4-3-5-17(21)10-15)18-11-14-6-8-16(9-7-14)19-13(2)20/h3-10,12,18,21H,11H2,1-2H3,(H,19,20). The number of carbonyl (C=O) groups excluding carboxylic acids is 1. The summed E-state index contributed by atoms with van der Waals surface area (Å²) in [6.07, 6.45) is 0. The van der Waals surface area contributed by atoms with Crippen molar-refractivity contribution in [1.29, 1.82) is 0 Å². The number of amides is 1. The van der Waals surface area contributed by atoms with E-state index in [9.17, 15) is 9.90 Å². The second-order valence-electron chi connectivity index (χ2n) is 5.08. The molecular weight excluding hydrogens is 264 g/mol. The van der Waals surface area contributed by atoms with Crippen LogP contribution in [-0.4, -0.2) is 11.0 Å². The molecule has 0 saturated carbocycles. The van der Waals surface area contributed by atoms with Crippen molar-refractivity contribution in [3.05, 3.63) is 59.7 Å². The molecule has 110 valence electrons. The Morgan fingerprint density at radius 3 is 2.52 bits per heavy atom. The first-order valence-corrected chi connectivity index (χ1v) is 6.93. The first-order chi connectivity index (χ1) is 10.0. The van der Waals surface area contributed by atoms with Gasteiger partial charge in [-0.2, -0.15) is 0 Å². The minimum atomic E-state index is -0.0709. The van der Waals surface area contributed by atoms with E-state index in [0.29, 0.717) is 0 Å². The summed E-state index contributed by atoms with van der Waals surface area (Å²) in [6, 6.07) is 15.1. The SMILES string of the molecule is CC(=O)Nc1ccc(CNC(C)c2cccc(O)c2)cc1. The van der Waals surface area contributed by atoms with Gasteiger partial charge in [-0.25, -0.2) is 0 Å². The van der Waals surface area contributed by atoms with E-state index in [4.69, 9.17) is 0 Å². The van der Waals surface area contributed by atoms with Crippen LogP contribution in [0.4, 0.5) is 5.69 Å². The highest BCUT2D eigenvalue weighted by molar-refractivity contribution is 5.88. The van der Waals surface area contributed by atoms with Crippen molar-refractivity contribution in [2.75, 3.05) is 5.32 Å². The number of hydrogen-bond acceptors (Lipinski definition) is 3. The molecule has 1 atom stereocenters. The van der Waals surface area contributed by atoms with Crippen LogP contribution in [0.2, 0.25) is 0 Å². The second kappa shape index (κ2) is 6.90. The number of phenols is 1. The van der Waals surface area contributed by atoms with Gasteiger partial charge in [0, 0.05) is 25.2 Å². The van der Waals surface area contributed by atoms with E-state index in [1.807, 2.05) is 36.4 Å². The Morgan fingerprint density at radius 1 is 1.19 bits per heavy atom. The van der Waals surface area contributed by atoms with Crippen molar-refractivity contribution in [3.63, 3.8) is 0 Å². The summed E-state index contributed by atoms with van der Waals surface area (Å²) in [6.45, 7) is 4.27. The summed E-state index contributed by atoms with van der Waals surface area (Å²) in [5, 5.41) is 15.6. The topological polar surface area (TPSA) is 61.4 Å². The van der Waals surface area contributed by atoms with E-state index in [1.54, 1.807) is 12.1 Å². The van der Waals surface area contributed by atoms with Gasteiger partial charge in [0.25, 0.3) is 0 Å². The average molecular weight is 284 g/mol. The molecule has 0 fully saturated rings. The molecule has 0 heterocycles. The second-order valence-corrected chi connectivity index (χ2v) is 5.08. The van der Waals surface area contributed by atoms with E-state index >= 15 is 0 Å². The highest BCUT2D eigenvalue weighted by Gasteiger charge is 2.05. The molecule has 0 saturated heterocycles. The van der Waals surface area contributed by atoms with Gasteiger partial charge >= 0.3 is 0 Å². The maximum absolute atomic E-state index is 11.0. The third-order valence-corrected chi connectivity index (χ3v) is 3.26. The average Bonchev–Trinajstić information content (AvgIpc) is 2.45. The molecule has 0 aliphatic rings. The van der Waals surface area contributed by atoms with Crippen molar-refractivity contribution in [2.24, 2.45) is 0 Å². The third-order valence-electron chi connectivity index (χ3n) is 3.26. The Balaban J connectivity index is 1.92. The largest absolute Gasteiger partial charge is 0.508 e. The summed E-state index contributed by atoms with van der Waals surface area (Å²) in [7, 11) is 0. The fraction of sp³-hybridized carbons (Fsp3) is 0.235. The maximum Gasteiger partial charge on any atom is 0.221 e. The summed E-state index contributed by atoms with van der Waals surface area (Å²) in [4.78, 5) is 11.0. The summed E-state index contributed by atoms with van der Waals surface area (Å²) < 4.78 is 0. The smallest absolute Gasteiger partial charge is 0.221 e. The first kappa shape index (κ1) is 15.1. The summed E-state index contributed by atoms with van der Waals surface area (Å²) in [5.41, 5.74) is 2.98. The lowest BCUT2D eigenvalue weighted by Crippen LogP contribution is -2.18. The molecule has 4 heteroatoms. The van der Waals surface area contributed by atoms with Gasteiger partial charge in [-0.3, -0.25) is 4.79 Å². The number of rotatable bonds is 5. The van der Waals surface area contributed by atoms with Crippen molar-refractivity contribution < 1.29 is 9.90 Å². The first-order valence-electron chi connectivity index (χ1n) is 6.93. The molecule has 0 spiro atoms. The van der Waals surface area contributed by atoms with Gasteiger partial charge in [0.2, 0.25) is 5.91 Å². The molecule has 0 bridgehead atoms. The van der Waals surface area contributed by atoms with Crippen LogP contribution in [0.25, 0.3) is 0 Å². The van der Waals surface area contributed by atoms with Crippen molar-refractivity contribution >= 4 is 11.6 Å². The van der Waals surface area contributed by atoms with E-state index in [-0.39, 0.29) is 17.7 Å².